The van der Waals surface area contributed by atoms with Gasteiger partial charge in [-0.25, -0.2) is 9.37 Å². The van der Waals surface area contributed by atoms with E-state index in [1.54, 1.807) is 19.2 Å². The maximum Gasteiger partial charge on any atom is 0.278 e. The van der Waals surface area contributed by atoms with Crippen molar-refractivity contribution >= 4 is 11.7 Å². The molecule has 1 amide bonds. The number of hydrogen-bond acceptors (Lipinski definition) is 5. The number of aromatic nitrogens is 3. The fraction of sp³-hybridized carbons (Fsp3) is 0.0588. The number of halogens is 1. The summed E-state index contributed by atoms with van der Waals surface area (Å²) in [7, 11) is 1.59. The van der Waals surface area contributed by atoms with Crippen LogP contribution < -0.4 is 10.1 Å². The van der Waals surface area contributed by atoms with Crippen molar-refractivity contribution < 1.29 is 13.9 Å². The molecule has 3 rings (SSSR count). The van der Waals surface area contributed by atoms with Crippen LogP contribution in [0, 0.1) is 5.82 Å². The highest BCUT2D eigenvalue weighted by Crippen LogP contribution is 2.20. The molecular formula is C17H13FN4O2. The third kappa shape index (κ3) is 3.35. The summed E-state index contributed by atoms with van der Waals surface area (Å²) >= 11 is 0. The molecule has 2 aromatic heterocycles. The molecular weight excluding hydrogens is 311 g/mol. The zero-order valence-corrected chi connectivity index (χ0v) is 12.7. The van der Waals surface area contributed by atoms with Gasteiger partial charge in [0.2, 0.25) is 0 Å². The summed E-state index contributed by atoms with van der Waals surface area (Å²) in [6.07, 6.45) is 1.34. The van der Waals surface area contributed by atoms with E-state index in [-0.39, 0.29) is 11.5 Å². The van der Waals surface area contributed by atoms with Gasteiger partial charge < -0.3 is 10.1 Å². The highest BCUT2D eigenvalue weighted by molar-refractivity contribution is 6.02. The summed E-state index contributed by atoms with van der Waals surface area (Å²) in [6, 6.07) is 13.2. The van der Waals surface area contributed by atoms with Gasteiger partial charge in [-0.1, -0.05) is 0 Å². The molecule has 2 heterocycles. The third-order valence-electron chi connectivity index (χ3n) is 3.27. The second kappa shape index (κ2) is 6.82. The first-order chi connectivity index (χ1) is 11.7. The molecule has 0 radical (unpaired) electrons. The van der Waals surface area contributed by atoms with Gasteiger partial charge in [-0.3, -0.25) is 4.79 Å². The lowest BCUT2D eigenvalue weighted by molar-refractivity contribution is 0.101. The molecule has 0 aliphatic heterocycles. The van der Waals surface area contributed by atoms with E-state index in [4.69, 9.17) is 4.74 Å². The topological polar surface area (TPSA) is 77.0 Å². The van der Waals surface area contributed by atoms with Crippen LogP contribution in [0.15, 0.2) is 54.7 Å². The summed E-state index contributed by atoms with van der Waals surface area (Å²) in [6.45, 7) is 0. The van der Waals surface area contributed by atoms with Crippen LogP contribution in [0.5, 0.6) is 5.75 Å². The van der Waals surface area contributed by atoms with Crippen LogP contribution in [0.1, 0.15) is 10.5 Å². The van der Waals surface area contributed by atoms with E-state index in [1.807, 2.05) is 24.3 Å². The summed E-state index contributed by atoms with van der Waals surface area (Å²) in [5, 5.41) is 10.4. The van der Waals surface area contributed by atoms with Gasteiger partial charge >= 0.3 is 0 Å². The summed E-state index contributed by atoms with van der Waals surface area (Å²) < 4.78 is 18.6. The average molecular weight is 324 g/mol. The van der Waals surface area contributed by atoms with E-state index < -0.39 is 11.7 Å². The van der Waals surface area contributed by atoms with E-state index in [9.17, 15) is 9.18 Å². The number of benzene rings is 1. The SMILES string of the molecule is COc1ccc(-c2ccc(NC(=O)c3ncccc3F)nn2)cc1. The minimum atomic E-state index is -0.696. The first kappa shape index (κ1) is 15.5. The summed E-state index contributed by atoms with van der Waals surface area (Å²) in [5.74, 6) is -0.423. The molecule has 0 bridgehead atoms. The number of nitrogens with one attached hydrogen (secondary N) is 1. The predicted molar refractivity (Wildman–Crippen MR) is 86.2 cm³/mol. The second-order valence-corrected chi connectivity index (χ2v) is 4.82. The van der Waals surface area contributed by atoms with Crippen LogP contribution in [0.4, 0.5) is 10.2 Å². The second-order valence-electron chi connectivity index (χ2n) is 4.82. The molecule has 24 heavy (non-hydrogen) atoms. The Bertz CT molecular complexity index is 851. The van der Waals surface area contributed by atoms with Crippen molar-refractivity contribution in [3.05, 3.63) is 66.2 Å². The van der Waals surface area contributed by atoms with E-state index in [0.717, 1.165) is 11.3 Å². The van der Waals surface area contributed by atoms with Crippen molar-refractivity contribution in [2.24, 2.45) is 0 Å². The largest absolute Gasteiger partial charge is 0.497 e. The Morgan fingerprint density at radius 2 is 1.88 bits per heavy atom. The first-order valence-corrected chi connectivity index (χ1v) is 7.07. The number of rotatable bonds is 4. The molecule has 0 spiro atoms. The summed E-state index contributed by atoms with van der Waals surface area (Å²) in [5.41, 5.74) is 1.20. The smallest absolute Gasteiger partial charge is 0.278 e. The number of amides is 1. The Morgan fingerprint density at radius 3 is 2.50 bits per heavy atom. The van der Waals surface area contributed by atoms with E-state index in [1.165, 1.54) is 18.3 Å². The van der Waals surface area contributed by atoms with Crippen molar-refractivity contribution in [3.63, 3.8) is 0 Å². The van der Waals surface area contributed by atoms with Gasteiger partial charge in [0.15, 0.2) is 17.3 Å². The van der Waals surface area contributed by atoms with Crippen LogP contribution in [0.2, 0.25) is 0 Å². The Labute approximate surface area is 137 Å². The molecule has 0 fully saturated rings. The molecule has 0 aliphatic carbocycles. The number of carbonyl (C=O) groups excluding carboxylic acids is 1. The van der Waals surface area contributed by atoms with Gasteiger partial charge in [-0.2, -0.15) is 0 Å². The van der Waals surface area contributed by atoms with Crippen LogP contribution >= 0.6 is 0 Å². The standard InChI is InChI=1S/C17H13FN4O2/c1-24-12-6-4-11(5-7-12)14-8-9-15(22-21-14)20-17(23)16-13(18)3-2-10-19-16/h2-10H,1H3,(H,20,22,23). The summed E-state index contributed by atoms with van der Waals surface area (Å²) in [4.78, 5) is 15.7. The van der Waals surface area contributed by atoms with Gasteiger partial charge in [-0.15, -0.1) is 10.2 Å². The molecule has 0 saturated carbocycles. The zero-order valence-electron chi connectivity index (χ0n) is 12.7. The highest BCUT2D eigenvalue weighted by Gasteiger charge is 2.13. The molecule has 6 nitrogen and oxygen atoms in total. The molecule has 1 aromatic carbocycles. The lowest BCUT2D eigenvalue weighted by Crippen LogP contribution is -2.16. The van der Waals surface area contributed by atoms with E-state index in [0.29, 0.717) is 5.69 Å². The molecule has 3 aromatic rings. The quantitative estimate of drug-likeness (QED) is 0.798. The zero-order chi connectivity index (χ0) is 16.9. The van der Waals surface area contributed by atoms with E-state index in [2.05, 4.69) is 20.5 Å². The van der Waals surface area contributed by atoms with Gasteiger partial charge in [0.05, 0.1) is 12.8 Å². The minimum Gasteiger partial charge on any atom is -0.497 e. The molecule has 0 aliphatic rings. The molecule has 0 atom stereocenters. The van der Waals surface area contributed by atoms with Crippen LogP contribution in [-0.2, 0) is 0 Å². The van der Waals surface area contributed by atoms with Crippen molar-refractivity contribution in [2.45, 2.75) is 0 Å². The van der Waals surface area contributed by atoms with Gasteiger partial charge in [0, 0.05) is 11.8 Å². The van der Waals surface area contributed by atoms with E-state index >= 15 is 0 Å². The van der Waals surface area contributed by atoms with Crippen LogP contribution in [0.3, 0.4) is 0 Å². The monoisotopic (exact) mass is 324 g/mol. The van der Waals surface area contributed by atoms with Gasteiger partial charge in [0.25, 0.3) is 5.91 Å². The van der Waals surface area contributed by atoms with Crippen molar-refractivity contribution in [3.8, 4) is 17.0 Å². The fourth-order valence-corrected chi connectivity index (χ4v) is 2.04. The third-order valence-corrected chi connectivity index (χ3v) is 3.27. The van der Waals surface area contributed by atoms with Gasteiger partial charge in [-0.05, 0) is 48.5 Å². The van der Waals surface area contributed by atoms with Crippen LogP contribution in [-0.4, -0.2) is 28.2 Å². The Morgan fingerprint density at radius 1 is 1.08 bits per heavy atom. The first-order valence-electron chi connectivity index (χ1n) is 7.07. The minimum absolute atomic E-state index is 0.210. The number of nitrogens with zero attached hydrogens (tertiary/aromatic N) is 3. The van der Waals surface area contributed by atoms with Crippen LogP contribution in [0.25, 0.3) is 11.3 Å². The number of hydrogen-bond donors (Lipinski definition) is 1. The maximum absolute atomic E-state index is 13.5. The predicted octanol–water partition coefficient (Wildman–Crippen LogP) is 2.94. The number of methoxy groups -OCH3 is 1. The van der Waals surface area contributed by atoms with Crippen molar-refractivity contribution in [1.82, 2.24) is 15.2 Å². The fourth-order valence-electron chi connectivity index (χ4n) is 2.04. The Kier molecular flexibility index (Phi) is 4.42. The molecule has 0 unspecified atom stereocenters. The van der Waals surface area contributed by atoms with Gasteiger partial charge in [0.1, 0.15) is 5.75 Å². The molecule has 7 heteroatoms. The normalized spacial score (nSPS) is 10.2. The average Bonchev–Trinajstić information content (AvgIpc) is 2.63. The molecule has 1 N–H and O–H groups in total. The lowest BCUT2D eigenvalue weighted by atomic mass is 10.1. The Hall–Kier alpha value is -3.35. The molecule has 120 valence electrons. The lowest BCUT2D eigenvalue weighted by Gasteiger charge is -2.05. The van der Waals surface area contributed by atoms with Crippen molar-refractivity contribution in [2.75, 3.05) is 12.4 Å². The maximum atomic E-state index is 13.5. The number of carbonyl (C=O) groups is 1. The number of anilines is 1. The Balaban J connectivity index is 1.74. The van der Waals surface area contributed by atoms with Crippen molar-refractivity contribution in [1.29, 1.82) is 0 Å². The molecule has 0 saturated heterocycles. The number of pyridine rings is 1. The number of ether oxygens (including phenoxy) is 1. The highest BCUT2D eigenvalue weighted by atomic mass is 19.1.